The van der Waals surface area contributed by atoms with E-state index in [1.165, 1.54) is 16.0 Å². The van der Waals surface area contributed by atoms with Crippen LogP contribution in [-0.2, 0) is 65.8 Å². The number of nitrogens with one attached hydrogen (secondary N) is 8. The molecule has 2 aliphatic heterocycles. The van der Waals surface area contributed by atoms with Crippen LogP contribution in [0.1, 0.15) is 155 Å². The molecule has 0 spiro atoms. The second kappa shape index (κ2) is 26.4. The molecule has 1 saturated heterocycles. The van der Waals surface area contributed by atoms with E-state index in [9.17, 15) is 38.4 Å². The van der Waals surface area contributed by atoms with E-state index in [4.69, 9.17) is 0 Å². The molecular formula is C65H86N10O8. The molecule has 0 radical (unpaired) electrons. The first-order valence-electron chi connectivity index (χ1n) is 29.6. The van der Waals surface area contributed by atoms with Gasteiger partial charge in [-0.15, -0.1) is 0 Å². The number of nitrogens with zero attached hydrogens (tertiary/aromatic N) is 2. The first-order valence-corrected chi connectivity index (χ1v) is 29.6. The Hall–Kier alpha value is -7.44. The highest BCUT2D eigenvalue weighted by Gasteiger charge is 2.47. The van der Waals surface area contributed by atoms with Crippen LogP contribution in [0.5, 0.6) is 0 Å². The first kappa shape index (κ1) is 61.6. The number of aryl methyl sites for hydroxylation is 3. The smallest absolute Gasteiger partial charge is 0.251 e. The van der Waals surface area contributed by atoms with Crippen LogP contribution in [0.25, 0.3) is 0 Å². The van der Waals surface area contributed by atoms with Crippen molar-refractivity contribution in [3.8, 4) is 0 Å². The molecule has 8 amide bonds. The van der Waals surface area contributed by atoms with Gasteiger partial charge < -0.3 is 52.3 Å². The molecule has 0 saturated carbocycles. The van der Waals surface area contributed by atoms with Crippen molar-refractivity contribution in [2.75, 3.05) is 26.0 Å². The topological polar surface area (TPSA) is 239 Å². The van der Waals surface area contributed by atoms with Crippen molar-refractivity contribution in [3.63, 3.8) is 0 Å². The Kier molecular flexibility index (Phi) is 19.6. The Morgan fingerprint density at radius 3 is 1.64 bits per heavy atom. The summed E-state index contributed by atoms with van der Waals surface area (Å²) in [6.45, 7) is 14.8. The van der Waals surface area contributed by atoms with Gasteiger partial charge in [0, 0.05) is 43.2 Å². The van der Waals surface area contributed by atoms with Gasteiger partial charge in [-0.05, 0) is 153 Å². The van der Waals surface area contributed by atoms with Crippen molar-refractivity contribution in [1.29, 1.82) is 0 Å². The van der Waals surface area contributed by atoms with Gasteiger partial charge in [0.25, 0.3) is 5.91 Å². The molecule has 8 N–H and O–H groups in total. The fourth-order valence-corrected chi connectivity index (χ4v) is 11.9. The Morgan fingerprint density at radius 2 is 1.11 bits per heavy atom. The van der Waals surface area contributed by atoms with Crippen LogP contribution in [-0.4, -0.2) is 120 Å². The van der Waals surface area contributed by atoms with E-state index >= 15 is 0 Å². The van der Waals surface area contributed by atoms with E-state index in [-0.39, 0.29) is 85.8 Å². The summed E-state index contributed by atoms with van der Waals surface area (Å²) in [6.07, 6.45) is 6.14. The lowest BCUT2D eigenvalue weighted by molar-refractivity contribution is -0.147. The lowest BCUT2D eigenvalue weighted by atomic mass is 9.83. The summed E-state index contributed by atoms with van der Waals surface area (Å²) in [5.41, 5.74) is 6.49. The predicted molar refractivity (Wildman–Crippen MR) is 320 cm³/mol. The number of fused-ring (bicyclic) bond motifs is 3. The van der Waals surface area contributed by atoms with Gasteiger partial charge in [0.05, 0.1) is 24.2 Å². The molecule has 2 aliphatic carbocycles. The van der Waals surface area contributed by atoms with Crippen LogP contribution >= 0.6 is 0 Å². The van der Waals surface area contributed by atoms with Gasteiger partial charge in [-0.25, -0.2) is 0 Å². The molecule has 4 aliphatic rings. The SMILES string of the molecule is CN[C@@H](C)C(=O)N[C@H](C(=O)N1Cc2cc(NC(=O)CCc3ccc(C(=O)N[C@H]4C[C@@H](C(=O)N[C@@H]5CCCc6ccccc65)N(C(=O)[C@@H](NC(=O)[C@H](C)NC)C(C)(C)C)C4)cc3)ccc2C[C@H]1C(=O)N[C@@H]1CCCc2ccccc21)C(C)(C)C. The minimum Gasteiger partial charge on any atom is -0.347 e. The number of carbonyl (C=O) groups excluding carboxylic acids is 8. The minimum atomic E-state index is -0.955. The summed E-state index contributed by atoms with van der Waals surface area (Å²) in [4.78, 5) is 115. The fraction of sp³-hybridized carbons (Fsp3) is 0.508. The van der Waals surface area contributed by atoms with Crippen LogP contribution in [0.2, 0.25) is 0 Å². The van der Waals surface area contributed by atoms with Gasteiger partial charge >= 0.3 is 0 Å². The van der Waals surface area contributed by atoms with Gasteiger partial charge in [0.15, 0.2) is 0 Å². The number of benzene rings is 4. The quantitative estimate of drug-likeness (QED) is 0.0589. The van der Waals surface area contributed by atoms with Crippen molar-refractivity contribution in [2.24, 2.45) is 10.8 Å². The first-order chi connectivity index (χ1) is 39.4. The van der Waals surface area contributed by atoms with Crippen molar-refractivity contribution in [3.05, 3.63) is 136 Å². The fourth-order valence-electron chi connectivity index (χ4n) is 11.9. The summed E-state index contributed by atoms with van der Waals surface area (Å²) in [5, 5.41) is 24.4. The average molecular weight is 1140 g/mol. The lowest BCUT2D eigenvalue weighted by Crippen LogP contribution is -2.62. The maximum atomic E-state index is 14.9. The summed E-state index contributed by atoms with van der Waals surface area (Å²) >= 11 is 0. The van der Waals surface area contributed by atoms with Gasteiger partial charge in [0.2, 0.25) is 41.4 Å². The lowest BCUT2D eigenvalue weighted by Gasteiger charge is -2.42. The second-order valence-corrected chi connectivity index (χ2v) is 25.3. The molecule has 444 valence electrons. The maximum Gasteiger partial charge on any atom is 0.251 e. The molecule has 1 fully saturated rings. The number of carbonyl (C=O) groups is 8. The normalized spacial score (nSPS) is 20.9. The number of likely N-dealkylation sites (tertiary alicyclic amines) is 1. The van der Waals surface area contributed by atoms with E-state index < -0.39 is 59.0 Å². The highest BCUT2D eigenvalue weighted by atomic mass is 16.2. The summed E-state index contributed by atoms with van der Waals surface area (Å²) in [5.74, 6) is -2.67. The minimum absolute atomic E-state index is 0.0591. The van der Waals surface area contributed by atoms with E-state index in [1.54, 1.807) is 57.1 Å². The van der Waals surface area contributed by atoms with Crippen LogP contribution in [0, 0.1) is 10.8 Å². The molecule has 2 heterocycles. The largest absolute Gasteiger partial charge is 0.347 e. The Balaban J connectivity index is 0.919. The number of hydrogen-bond acceptors (Lipinski definition) is 10. The van der Waals surface area contributed by atoms with Crippen molar-refractivity contribution < 1.29 is 38.4 Å². The molecule has 18 nitrogen and oxygen atoms in total. The zero-order chi connectivity index (χ0) is 59.9. The zero-order valence-electron chi connectivity index (χ0n) is 50.0. The van der Waals surface area contributed by atoms with E-state index in [0.717, 1.165) is 66.3 Å². The Morgan fingerprint density at radius 1 is 0.590 bits per heavy atom. The summed E-state index contributed by atoms with van der Waals surface area (Å²) in [7, 11) is 3.34. The highest BCUT2D eigenvalue weighted by molar-refractivity contribution is 5.97. The van der Waals surface area contributed by atoms with Crippen LogP contribution in [0.4, 0.5) is 5.69 Å². The Bertz CT molecular complexity index is 3060. The second-order valence-electron chi connectivity index (χ2n) is 25.3. The number of rotatable bonds is 18. The number of likely N-dealkylation sites (N-methyl/N-ethyl adjacent to an activating group) is 2. The van der Waals surface area contributed by atoms with Gasteiger partial charge in [-0.2, -0.15) is 0 Å². The third kappa shape index (κ3) is 14.9. The van der Waals surface area contributed by atoms with E-state index in [1.807, 2.05) is 90.1 Å². The van der Waals surface area contributed by atoms with Crippen LogP contribution < -0.4 is 42.5 Å². The number of hydrogen-bond donors (Lipinski definition) is 8. The number of anilines is 1. The average Bonchev–Trinajstić information content (AvgIpc) is 3.80. The summed E-state index contributed by atoms with van der Waals surface area (Å²) < 4.78 is 0. The maximum absolute atomic E-state index is 14.9. The molecule has 0 aromatic heterocycles. The van der Waals surface area contributed by atoms with Crippen LogP contribution in [0.15, 0.2) is 91.0 Å². The predicted octanol–water partition coefficient (Wildman–Crippen LogP) is 5.88. The van der Waals surface area contributed by atoms with Gasteiger partial charge in [-0.1, -0.05) is 108 Å². The monoisotopic (exact) mass is 1130 g/mol. The van der Waals surface area contributed by atoms with E-state index in [0.29, 0.717) is 17.7 Å². The van der Waals surface area contributed by atoms with Crippen molar-refractivity contribution in [1.82, 2.24) is 47.0 Å². The van der Waals surface area contributed by atoms with Crippen molar-refractivity contribution >= 4 is 52.9 Å². The van der Waals surface area contributed by atoms with Gasteiger partial charge in [0.1, 0.15) is 24.2 Å². The van der Waals surface area contributed by atoms with E-state index in [2.05, 4.69) is 60.7 Å². The Labute approximate surface area is 489 Å². The molecule has 83 heavy (non-hydrogen) atoms. The molecule has 0 unspecified atom stereocenters. The third-order valence-corrected chi connectivity index (χ3v) is 17.1. The van der Waals surface area contributed by atoms with Crippen LogP contribution in [0.3, 0.4) is 0 Å². The molecule has 4 aromatic carbocycles. The molecule has 8 rings (SSSR count). The molecule has 4 aromatic rings. The standard InChI is InChI=1S/C65H86N10O8/c1-38(66-9)57(77)72-55(64(3,4)5)62(82)74-36-45-33-46(31-30-44(45)34-52(74)60(80)70-50-23-15-19-41-17-11-13-21-48(41)50)68-54(76)32-27-40-25-28-43(29-26-40)59(79)69-47-35-53(61(81)71-51-24-16-20-42-18-12-14-22-49(42)51)75(37-47)63(83)56(65(6,7)8)73-58(78)39(2)67-10/h11-14,17-18,21-22,25-26,28-31,33,38-39,47,50-53,55-56,66-67H,15-16,19-20,23-24,27,32,34-37H2,1-10H3,(H,68,76)(H,69,79)(H,70,80)(H,71,81)(H,72,77)(H,73,78)/t38-,39-,47-,50+,51+,52-,53-,55+,56+/m0/s1. The molecular weight excluding hydrogens is 1050 g/mol. The molecule has 18 heteroatoms. The number of amides is 8. The third-order valence-electron chi connectivity index (χ3n) is 17.1. The van der Waals surface area contributed by atoms with Crippen molar-refractivity contribution in [2.45, 2.75) is 181 Å². The van der Waals surface area contributed by atoms with Gasteiger partial charge in [-0.3, -0.25) is 38.4 Å². The summed E-state index contributed by atoms with van der Waals surface area (Å²) in [6, 6.07) is 22.9. The highest BCUT2D eigenvalue weighted by Crippen LogP contribution is 2.35. The molecule has 9 atom stereocenters. The molecule has 0 bridgehead atoms. The zero-order valence-corrected chi connectivity index (χ0v) is 50.0.